The van der Waals surface area contributed by atoms with E-state index >= 15 is 0 Å². The molecule has 1 amide bonds. The topological polar surface area (TPSA) is 59.3 Å². The van der Waals surface area contributed by atoms with Crippen LogP contribution in [0.25, 0.3) is 0 Å². The average Bonchev–Trinajstić information content (AvgIpc) is 2.76. The van der Waals surface area contributed by atoms with Crippen molar-refractivity contribution < 1.29 is 14.0 Å². The molecule has 0 aliphatic rings. The van der Waals surface area contributed by atoms with Gasteiger partial charge < -0.3 is 9.73 Å². The normalized spacial score (nSPS) is 9.94. The molecule has 2 rings (SSSR count). The molecule has 4 nitrogen and oxygen atoms in total. The van der Waals surface area contributed by atoms with E-state index in [1.54, 1.807) is 24.3 Å². The molecule has 0 aliphatic carbocycles. The monoisotopic (exact) mass is 249 g/mol. The van der Waals surface area contributed by atoms with Gasteiger partial charge in [-0.15, -0.1) is 0 Å². The first-order valence-electron chi connectivity index (χ1n) is 4.81. The van der Waals surface area contributed by atoms with Gasteiger partial charge in [0.1, 0.15) is 6.29 Å². The van der Waals surface area contributed by atoms with Gasteiger partial charge in [0.25, 0.3) is 5.91 Å². The highest BCUT2D eigenvalue weighted by Gasteiger charge is 2.10. The number of carbonyl (C=O) groups excluding carboxylic acids is 2. The molecule has 2 aromatic rings. The van der Waals surface area contributed by atoms with Crippen LogP contribution in [0.4, 0.5) is 5.69 Å². The van der Waals surface area contributed by atoms with E-state index in [1.165, 1.54) is 12.1 Å². The number of anilines is 1. The molecule has 0 atom stereocenters. The summed E-state index contributed by atoms with van der Waals surface area (Å²) in [6.45, 7) is 0. The standard InChI is InChI=1S/C12H8ClNO3/c13-11-5-4-10(17-11)12(16)14-9-3-1-2-8(6-9)7-15/h1-7H,(H,14,16). The Bertz CT molecular complexity index is 562. The molecule has 1 heterocycles. The van der Waals surface area contributed by atoms with Gasteiger partial charge in [-0.1, -0.05) is 12.1 Å². The van der Waals surface area contributed by atoms with Crippen LogP contribution in [0.2, 0.25) is 5.22 Å². The minimum absolute atomic E-state index is 0.117. The van der Waals surface area contributed by atoms with Gasteiger partial charge in [-0.05, 0) is 35.9 Å². The Morgan fingerprint density at radius 1 is 1.29 bits per heavy atom. The molecule has 0 saturated carbocycles. The molecule has 1 N–H and O–H groups in total. The van der Waals surface area contributed by atoms with Crippen LogP contribution in [0.5, 0.6) is 0 Å². The van der Waals surface area contributed by atoms with Crippen molar-refractivity contribution in [2.75, 3.05) is 5.32 Å². The third kappa shape index (κ3) is 2.73. The van der Waals surface area contributed by atoms with Gasteiger partial charge in [0.05, 0.1) is 0 Å². The zero-order valence-electron chi connectivity index (χ0n) is 8.64. The van der Waals surface area contributed by atoms with E-state index < -0.39 is 5.91 Å². The summed E-state index contributed by atoms with van der Waals surface area (Å²) in [5.74, 6) is -0.300. The maximum absolute atomic E-state index is 11.7. The van der Waals surface area contributed by atoms with Crippen molar-refractivity contribution in [1.82, 2.24) is 0 Å². The van der Waals surface area contributed by atoms with Crippen molar-refractivity contribution in [3.8, 4) is 0 Å². The highest BCUT2D eigenvalue weighted by molar-refractivity contribution is 6.29. The van der Waals surface area contributed by atoms with Crippen molar-refractivity contribution in [3.63, 3.8) is 0 Å². The van der Waals surface area contributed by atoms with Crippen molar-refractivity contribution in [3.05, 3.63) is 52.9 Å². The number of aldehydes is 1. The van der Waals surface area contributed by atoms with Gasteiger partial charge in [-0.2, -0.15) is 0 Å². The van der Waals surface area contributed by atoms with Gasteiger partial charge in [-0.3, -0.25) is 9.59 Å². The number of rotatable bonds is 3. The molecule has 17 heavy (non-hydrogen) atoms. The third-order valence-electron chi connectivity index (χ3n) is 2.08. The number of amides is 1. The Hall–Kier alpha value is -2.07. The highest BCUT2D eigenvalue weighted by atomic mass is 35.5. The van der Waals surface area contributed by atoms with Crippen LogP contribution in [0.1, 0.15) is 20.9 Å². The molecular formula is C12H8ClNO3. The van der Waals surface area contributed by atoms with Crippen molar-refractivity contribution >= 4 is 29.5 Å². The Balaban J connectivity index is 2.15. The predicted octanol–water partition coefficient (Wildman–Crippen LogP) is 3.00. The van der Waals surface area contributed by atoms with Crippen LogP contribution in [-0.2, 0) is 0 Å². The zero-order chi connectivity index (χ0) is 12.3. The first-order valence-corrected chi connectivity index (χ1v) is 5.19. The lowest BCUT2D eigenvalue weighted by Crippen LogP contribution is -2.10. The van der Waals surface area contributed by atoms with Gasteiger partial charge in [0.2, 0.25) is 0 Å². The van der Waals surface area contributed by atoms with Crippen LogP contribution >= 0.6 is 11.6 Å². The fraction of sp³-hybridized carbons (Fsp3) is 0. The lowest BCUT2D eigenvalue weighted by molar-refractivity contribution is 0.0996. The van der Waals surface area contributed by atoms with Crippen molar-refractivity contribution in [1.29, 1.82) is 0 Å². The third-order valence-corrected chi connectivity index (χ3v) is 2.28. The van der Waals surface area contributed by atoms with Gasteiger partial charge >= 0.3 is 0 Å². The van der Waals surface area contributed by atoms with E-state index in [1.807, 2.05) is 0 Å². The Morgan fingerprint density at radius 3 is 2.76 bits per heavy atom. The first-order chi connectivity index (χ1) is 8.19. The van der Waals surface area contributed by atoms with Crippen LogP contribution in [0, 0.1) is 0 Å². The van der Waals surface area contributed by atoms with Crippen LogP contribution in [0.15, 0.2) is 40.8 Å². The molecule has 0 aliphatic heterocycles. The number of carbonyl (C=O) groups is 2. The fourth-order valence-electron chi connectivity index (χ4n) is 1.32. The molecule has 0 radical (unpaired) electrons. The summed E-state index contributed by atoms with van der Waals surface area (Å²) in [7, 11) is 0. The number of hydrogen-bond acceptors (Lipinski definition) is 3. The summed E-state index contributed by atoms with van der Waals surface area (Å²) in [5.41, 5.74) is 1.01. The SMILES string of the molecule is O=Cc1cccc(NC(=O)c2ccc(Cl)o2)c1. The lowest BCUT2D eigenvalue weighted by Gasteiger charge is -2.03. The van der Waals surface area contributed by atoms with Crippen LogP contribution in [0.3, 0.4) is 0 Å². The summed E-state index contributed by atoms with van der Waals surface area (Å²) in [4.78, 5) is 22.2. The van der Waals surface area contributed by atoms with Gasteiger partial charge in [-0.25, -0.2) is 0 Å². The zero-order valence-corrected chi connectivity index (χ0v) is 9.40. The molecular weight excluding hydrogens is 242 g/mol. The first kappa shape index (κ1) is 11.4. The summed E-state index contributed by atoms with van der Waals surface area (Å²) < 4.78 is 4.96. The van der Waals surface area contributed by atoms with E-state index in [2.05, 4.69) is 5.32 Å². The Labute approximate surface area is 102 Å². The smallest absolute Gasteiger partial charge is 0.291 e. The number of benzene rings is 1. The van der Waals surface area contributed by atoms with Crippen LogP contribution < -0.4 is 5.32 Å². The molecule has 86 valence electrons. The predicted molar refractivity (Wildman–Crippen MR) is 63.5 cm³/mol. The number of nitrogens with one attached hydrogen (secondary N) is 1. The van der Waals surface area contributed by atoms with E-state index in [4.69, 9.17) is 16.0 Å². The summed E-state index contributed by atoms with van der Waals surface area (Å²) in [6, 6.07) is 9.52. The quantitative estimate of drug-likeness (QED) is 0.851. The van der Waals surface area contributed by atoms with Crippen LogP contribution in [-0.4, -0.2) is 12.2 Å². The minimum Gasteiger partial charge on any atom is -0.440 e. The molecule has 0 spiro atoms. The summed E-state index contributed by atoms with van der Waals surface area (Å²) >= 11 is 5.56. The number of furan rings is 1. The maximum atomic E-state index is 11.7. The summed E-state index contributed by atoms with van der Waals surface area (Å²) in [5, 5.41) is 2.75. The second kappa shape index (κ2) is 4.84. The van der Waals surface area contributed by atoms with E-state index in [0.29, 0.717) is 17.5 Å². The molecule has 1 aromatic heterocycles. The highest BCUT2D eigenvalue weighted by Crippen LogP contribution is 2.15. The summed E-state index contributed by atoms with van der Waals surface area (Å²) in [6.07, 6.45) is 0.708. The van der Waals surface area contributed by atoms with E-state index in [-0.39, 0.29) is 11.0 Å². The second-order valence-electron chi connectivity index (χ2n) is 3.30. The second-order valence-corrected chi connectivity index (χ2v) is 3.67. The largest absolute Gasteiger partial charge is 0.440 e. The number of halogens is 1. The Morgan fingerprint density at radius 2 is 2.12 bits per heavy atom. The molecule has 0 fully saturated rings. The fourth-order valence-corrected chi connectivity index (χ4v) is 1.46. The van der Waals surface area contributed by atoms with Gasteiger partial charge in [0, 0.05) is 11.3 Å². The van der Waals surface area contributed by atoms with E-state index in [0.717, 1.165) is 0 Å². The van der Waals surface area contributed by atoms with Crippen molar-refractivity contribution in [2.45, 2.75) is 0 Å². The molecule has 5 heteroatoms. The average molecular weight is 250 g/mol. The molecule has 0 saturated heterocycles. The molecule has 1 aromatic carbocycles. The molecule has 0 bridgehead atoms. The van der Waals surface area contributed by atoms with E-state index in [9.17, 15) is 9.59 Å². The Kier molecular flexibility index (Phi) is 3.25. The maximum Gasteiger partial charge on any atom is 0.291 e. The van der Waals surface area contributed by atoms with Crippen molar-refractivity contribution in [2.24, 2.45) is 0 Å². The van der Waals surface area contributed by atoms with Gasteiger partial charge in [0.15, 0.2) is 11.0 Å². The minimum atomic E-state index is -0.417. The number of hydrogen-bond donors (Lipinski definition) is 1. The molecule has 0 unspecified atom stereocenters. The lowest BCUT2D eigenvalue weighted by atomic mass is 10.2.